The number of halogens is 1. The minimum Gasteiger partial charge on any atom is -0.367 e. The van der Waals surface area contributed by atoms with E-state index in [-0.39, 0.29) is 11.4 Å². The van der Waals surface area contributed by atoms with Crippen LogP contribution in [0.25, 0.3) is 10.9 Å². The number of aromatic nitrogens is 5. The number of nitrogens with one attached hydrogen (secondary N) is 1. The Morgan fingerprint density at radius 1 is 0.947 bits per heavy atom. The molecule has 2 aromatic heterocycles. The van der Waals surface area contributed by atoms with Gasteiger partial charge in [-0.25, -0.2) is 9.07 Å². The number of hydrogen-bond donors (Lipinski definition) is 1. The molecule has 1 aliphatic heterocycles. The van der Waals surface area contributed by atoms with Crippen LogP contribution in [-0.4, -0.2) is 56.3 Å². The van der Waals surface area contributed by atoms with Crippen LogP contribution in [-0.2, 0) is 6.54 Å². The average molecular weight is 510 g/mol. The molecule has 1 N–H and O–H groups in total. The summed E-state index contributed by atoms with van der Waals surface area (Å²) in [5, 5.41) is 13.7. The summed E-state index contributed by atoms with van der Waals surface area (Å²) < 4.78 is 16.2. The monoisotopic (exact) mass is 509 g/mol. The zero-order chi connectivity index (χ0) is 26.1. The topological polar surface area (TPSA) is 82.9 Å². The highest BCUT2D eigenvalue weighted by Crippen LogP contribution is 2.30. The summed E-state index contributed by atoms with van der Waals surface area (Å²) in [5.41, 5.74) is 3.95. The number of pyridine rings is 1. The fourth-order valence-electron chi connectivity index (χ4n) is 5.24. The molecule has 1 saturated heterocycles. The average Bonchev–Trinajstić information content (AvgIpc) is 3.38. The summed E-state index contributed by atoms with van der Waals surface area (Å²) in [6.45, 7) is 4.94. The molecule has 1 aliphatic rings. The number of tetrazole rings is 1. The molecule has 0 radical (unpaired) electrons. The molecule has 0 bridgehead atoms. The highest BCUT2D eigenvalue weighted by molar-refractivity contribution is 5.79. The quantitative estimate of drug-likeness (QED) is 0.374. The van der Waals surface area contributed by atoms with E-state index in [2.05, 4.69) is 25.4 Å². The van der Waals surface area contributed by atoms with E-state index in [9.17, 15) is 9.18 Å². The van der Waals surface area contributed by atoms with E-state index in [4.69, 9.17) is 0 Å². The maximum atomic E-state index is 14.5. The second-order valence-electron chi connectivity index (χ2n) is 9.70. The molecule has 3 heterocycles. The number of hydrogen-bond acceptors (Lipinski definition) is 6. The highest BCUT2D eigenvalue weighted by Gasteiger charge is 2.33. The first-order chi connectivity index (χ1) is 18.6. The Bertz CT molecular complexity index is 1620. The standard InChI is InChI=1S/C29H28FN7O/c1-20-11-12-22-18-23(29(38)31-25(22)17-20)27(28-32-33-34-37(28)19-21-7-3-2-4-8-21)36-15-13-35(14-16-36)26-10-6-5-9-24(26)30/h2-12,17-18,27H,13-16,19H2,1H3,(H,31,38). The van der Waals surface area contributed by atoms with Crippen molar-refractivity contribution in [3.8, 4) is 0 Å². The first-order valence-corrected chi connectivity index (χ1v) is 12.7. The van der Waals surface area contributed by atoms with Crippen LogP contribution in [0.4, 0.5) is 10.1 Å². The summed E-state index contributed by atoms with van der Waals surface area (Å²) in [7, 11) is 0. The van der Waals surface area contributed by atoms with E-state index in [1.807, 2.05) is 72.5 Å². The predicted octanol–water partition coefficient (Wildman–Crippen LogP) is 3.92. The smallest absolute Gasteiger partial charge is 0.253 e. The lowest BCUT2D eigenvalue weighted by Gasteiger charge is -2.39. The number of anilines is 1. The summed E-state index contributed by atoms with van der Waals surface area (Å²) in [4.78, 5) is 20.8. The van der Waals surface area contributed by atoms with Gasteiger partial charge in [0.2, 0.25) is 0 Å². The molecular formula is C29H28FN7O. The Hall–Kier alpha value is -4.37. The molecule has 0 amide bonds. The molecule has 3 aromatic carbocycles. The third kappa shape index (κ3) is 4.68. The van der Waals surface area contributed by atoms with Crippen molar-refractivity contribution in [1.82, 2.24) is 30.1 Å². The second kappa shape index (κ2) is 10.2. The Balaban J connectivity index is 1.39. The van der Waals surface area contributed by atoms with Crippen LogP contribution in [0.1, 0.15) is 28.6 Å². The molecule has 192 valence electrons. The minimum atomic E-state index is -0.467. The summed E-state index contributed by atoms with van der Waals surface area (Å²) in [6, 6.07) is 24.3. The minimum absolute atomic E-state index is 0.168. The number of benzene rings is 3. The number of rotatable bonds is 6. The van der Waals surface area contributed by atoms with E-state index < -0.39 is 6.04 Å². The predicted molar refractivity (Wildman–Crippen MR) is 145 cm³/mol. The van der Waals surface area contributed by atoms with Gasteiger partial charge >= 0.3 is 0 Å². The lowest BCUT2D eigenvalue weighted by atomic mass is 10.0. The van der Waals surface area contributed by atoms with Crippen molar-refractivity contribution in [2.75, 3.05) is 31.1 Å². The van der Waals surface area contributed by atoms with Gasteiger partial charge in [-0.3, -0.25) is 9.69 Å². The van der Waals surface area contributed by atoms with Gasteiger partial charge in [0.1, 0.15) is 11.9 Å². The van der Waals surface area contributed by atoms with Crippen molar-refractivity contribution in [3.05, 3.63) is 118 Å². The van der Waals surface area contributed by atoms with E-state index in [0.717, 1.165) is 22.0 Å². The van der Waals surface area contributed by atoms with Crippen molar-refractivity contribution in [2.45, 2.75) is 19.5 Å². The van der Waals surface area contributed by atoms with Crippen LogP contribution >= 0.6 is 0 Å². The van der Waals surface area contributed by atoms with Crippen LogP contribution in [0.5, 0.6) is 0 Å². The fourth-order valence-corrected chi connectivity index (χ4v) is 5.24. The number of aromatic amines is 1. The van der Waals surface area contributed by atoms with Crippen molar-refractivity contribution in [3.63, 3.8) is 0 Å². The lowest BCUT2D eigenvalue weighted by Crippen LogP contribution is -2.49. The van der Waals surface area contributed by atoms with Gasteiger partial charge in [-0.15, -0.1) is 5.10 Å². The Labute approximate surface area is 219 Å². The van der Waals surface area contributed by atoms with Crippen LogP contribution in [0.15, 0.2) is 83.7 Å². The van der Waals surface area contributed by atoms with Gasteiger partial charge in [0, 0.05) is 37.3 Å². The summed E-state index contributed by atoms with van der Waals surface area (Å²) in [6.07, 6.45) is 0. The molecule has 9 heteroatoms. The molecule has 38 heavy (non-hydrogen) atoms. The van der Waals surface area contributed by atoms with Gasteiger partial charge in [-0.05, 0) is 58.1 Å². The molecule has 0 aliphatic carbocycles. The highest BCUT2D eigenvalue weighted by atomic mass is 19.1. The molecule has 8 nitrogen and oxygen atoms in total. The third-order valence-corrected chi connectivity index (χ3v) is 7.18. The molecule has 0 saturated carbocycles. The Kier molecular flexibility index (Phi) is 6.43. The van der Waals surface area contributed by atoms with Gasteiger partial charge in [-0.2, -0.15) is 0 Å². The van der Waals surface area contributed by atoms with Crippen LogP contribution in [0.3, 0.4) is 0 Å². The zero-order valence-corrected chi connectivity index (χ0v) is 21.1. The lowest BCUT2D eigenvalue weighted by molar-refractivity contribution is 0.200. The molecule has 6 rings (SSSR count). The van der Waals surface area contributed by atoms with E-state index in [1.54, 1.807) is 16.8 Å². The van der Waals surface area contributed by atoms with Gasteiger partial charge in [0.05, 0.1) is 12.2 Å². The first kappa shape index (κ1) is 24.0. The zero-order valence-electron chi connectivity index (χ0n) is 21.1. The number of piperazine rings is 1. The van der Waals surface area contributed by atoms with E-state index in [1.165, 1.54) is 6.07 Å². The van der Waals surface area contributed by atoms with E-state index in [0.29, 0.717) is 49.8 Å². The number of H-pyrrole nitrogens is 1. The first-order valence-electron chi connectivity index (χ1n) is 12.7. The summed E-state index contributed by atoms with van der Waals surface area (Å²) >= 11 is 0. The number of nitrogens with zero attached hydrogens (tertiary/aromatic N) is 6. The Morgan fingerprint density at radius 2 is 1.71 bits per heavy atom. The molecule has 5 aromatic rings. The molecule has 0 spiro atoms. The number of fused-ring (bicyclic) bond motifs is 1. The van der Waals surface area contributed by atoms with Crippen molar-refractivity contribution < 1.29 is 4.39 Å². The molecular weight excluding hydrogens is 481 g/mol. The maximum absolute atomic E-state index is 14.5. The number of aryl methyl sites for hydroxylation is 1. The summed E-state index contributed by atoms with van der Waals surface area (Å²) in [5.74, 6) is 0.371. The largest absolute Gasteiger partial charge is 0.367 e. The normalized spacial score (nSPS) is 15.2. The SMILES string of the molecule is Cc1ccc2cc(C(c3nnnn3Cc3ccccc3)N3CCN(c4ccccc4F)CC3)c(=O)[nH]c2c1. The van der Waals surface area contributed by atoms with Crippen molar-refractivity contribution in [2.24, 2.45) is 0 Å². The van der Waals surface area contributed by atoms with Gasteiger partial charge in [0.25, 0.3) is 5.56 Å². The fraction of sp³-hybridized carbons (Fsp3) is 0.241. The van der Waals surface area contributed by atoms with Crippen LogP contribution in [0.2, 0.25) is 0 Å². The maximum Gasteiger partial charge on any atom is 0.253 e. The molecule has 1 fully saturated rings. The van der Waals surface area contributed by atoms with Gasteiger partial charge < -0.3 is 9.88 Å². The number of para-hydroxylation sites is 1. The third-order valence-electron chi connectivity index (χ3n) is 7.18. The van der Waals surface area contributed by atoms with Crippen LogP contribution < -0.4 is 10.5 Å². The van der Waals surface area contributed by atoms with Crippen LogP contribution in [0, 0.1) is 12.7 Å². The Morgan fingerprint density at radius 3 is 2.50 bits per heavy atom. The van der Waals surface area contributed by atoms with Gasteiger partial charge in [0.15, 0.2) is 5.82 Å². The van der Waals surface area contributed by atoms with Gasteiger partial charge in [-0.1, -0.05) is 54.6 Å². The molecule has 1 atom stereocenters. The van der Waals surface area contributed by atoms with E-state index >= 15 is 0 Å². The second-order valence-corrected chi connectivity index (χ2v) is 9.70. The van der Waals surface area contributed by atoms with Crippen molar-refractivity contribution in [1.29, 1.82) is 0 Å². The van der Waals surface area contributed by atoms with Crippen molar-refractivity contribution >= 4 is 16.6 Å². The molecule has 1 unspecified atom stereocenters.